The van der Waals surface area contributed by atoms with E-state index in [0.717, 1.165) is 16.8 Å². The number of nitrogens with one attached hydrogen (secondary N) is 1. The van der Waals surface area contributed by atoms with Gasteiger partial charge in [-0.2, -0.15) is 0 Å². The maximum absolute atomic E-state index is 13.9. The summed E-state index contributed by atoms with van der Waals surface area (Å²) >= 11 is 6.11. The second-order valence-corrected chi connectivity index (χ2v) is 8.45. The fourth-order valence-corrected chi connectivity index (χ4v) is 5.31. The van der Waals surface area contributed by atoms with Gasteiger partial charge in [-0.1, -0.05) is 72.3 Å². The third kappa shape index (κ3) is 2.64. The van der Waals surface area contributed by atoms with Gasteiger partial charge in [0.05, 0.1) is 5.92 Å². The Morgan fingerprint density at radius 1 is 1.00 bits per heavy atom. The number of hydrogen-bond acceptors (Lipinski definition) is 3. The molecule has 5 rings (SSSR count). The lowest BCUT2D eigenvalue weighted by molar-refractivity contribution is -0.126. The van der Waals surface area contributed by atoms with Crippen molar-refractivity contribution >= 4 is 29.0 Å². The van der Waals surface area contributed by atoms with Crippen LogP contribution in [0.3, 0.4) is 0 Å². The molecule has 5 heteroatoms. The van der Waals surface area contributed by atoms with Gasteiger partial charge in [0.1, 0.15) is 5.54 Å². The van der Waals surface area contributed by atoms with Gasteiger partial charge in [-0.3, -0.25) is 14.5 Å². The number of benzene rings is 3. The molecule has 2 heterocycles. The third-order valence-corrected chi connectivity index (χ3v) is 6.75. The summed E-state index contributed by atoms with van der Waals surface area (Å²) in [7, 11) is 1.93. The van der Waals surface area contributed by atoms with E-state index in [1.165, 1.54) is 0 Å². The van der Waals surface area contributed by atoms with Crippen LogP contribution in [0.25, 0.3) is 0 Å². The zero-order valence-electron chi connectivity index (χ0n) is 16.5. The van der Waals surface area contributed by atoms with Gasteiger partial charge in [-0.25, -0.2) is 0 Å². The molecule has 1 amide bonds. The number of halogens is 1. The predicted molar refractivity (Wildman–Crippen MR) is 118 cm³/mol. The molecule has 30 heavy (non-hydrogen) atoms. The van der Waals surface area contributed by atoms with Crippen molar-refractivity contribution in [2.24, 2.45) is 5.92 Å². The van der Waals surface area contributed by atoms with Gasteiger partial charge in [-0.05, 0) is 30.8 Å². The van der Waals surface area contributed by atoms with Gasteiger partial charge in [0, 0.05) is 34.3 Å². The number of amides is 1. The lowest BCUT2D eigenvalue weighted by atomic mass is 9.70. The van der Waals surface area contributed by atoms with Crippen LogP contribution in [0.2, 0.25) is 5.02 Å². The Morgan fingerprint density at radius 3 is 2.40 bits per heavy atom. The average Bonchev–Trinajstić information content (AvgIpc) is 3.24. The largest absolute Gasteiger partial charge is 0.324 e. The predicted octanol–water partition coefficient (Wildman–Crippen LogP) is 4.72. The van der Waals surface area contributed by atoms with Crippen LogP contribution in [0.4, 0.5) is 5.69 Å². The van der Waals surface area contributed by atoms with E-state index in [1.54, 1.807) is 0 Å². The molecule has 1 saturated heterocycles. The lowest BCUT2D eigenvalue weighted by Gasteiger charge is -2.35. The first kappa shape index (κ1) is 19.0. The Bertz CT molecular complexity index is 1130. The van der Waals surface area contributed by atoms with Crippen LogP contribution < -0.4 is 5.32 Å². The zero-order valence-corrected chi connectivity index (χ0v) is 17.3. The Hall–Kier alpha value is -2.95. The number of nitrogens with zero attached hydrogens (tertiary/aromatic N) is 1. The highest BCUT2D eigenvalue weighted by Crippen LogP contribution is 2.55. The molecule has 3 aromatic carbocycles. The van der Waals surface area contributed by atoms with E-state index in [9.17, 15) is 9.59 Å². The number of Topliss-reactive ketones (excluding diaryl/α,β-unsaturated/α-hetero) is 1. The highest BCUT2D eigenvalue weighted by molar-refractivity contribution is 6.30. The lowest BCUT2D eigenvalue weighted by Crippen LogP contribution is -2.51. The molecule has 4 nitrogen and oxygen atoms in total. The maximum Gasteiger partial charge on any atom is 0.250 e. The van der Waals surface area contributed by atoms with E-state index in [1.807, 2.05) is 90.8 Å². The van der Waals surface area contributed by atoms with E-state index in [0.29, 0.717) is 17.1 Å². The summed E-state index contributed by atoms with van der Waals surface area (Å²) in [6, 6.07) is 24.6. The van der Waals surface area contributed by atoms with E-state index in [-0.39, 0.29) is 17.6 Å². The number of ketones is 1. The molecule has 1 spiro atoms. The Kier molecular flexibility index (Phi) is 4.49. The monoisotopic (exact) mass is 416 g/mol. The molecule has 1 N–H and O–H groups in total. The molecule has 2 aliphatic heterocycles. The van der Waals surface area contributed by atoms with Gasteiger partial charge < -0.3 is 5.32 Å². The van der Waals surface area contributed by atoms with Gasteiger partial charge in [-0.15, -0.1) is 0 Å². The highest BCUT2D eigenvalue weighted by atomic mass is 35.5. The maximum atomic E-state index is 13.9. The van der Waals surface area contributed by atoms with Gasteiger partial charge in [0.25, 0.3) is 0 Å². The Morgan fingerprint density at radius 2 is 1.67 bits per heavy atom. The van der Waals surface area contributed by atoms with Crippen molar-refractivity contribution in [3.05, 3.63) is 101 Å². The standard InChI is InChI=1S/C25H21ClN2O2/c1-28-15-19(16-11-13-18(26)14-12-16)22(23(29)17-7-3-2-4-8-17)25(28)20-9-5-6-10-21(20)27-24(25)30/h2-14,19,22H,15H2,1H3,(H,27,30)/t19-,22+,25-/m1/s1. The van der Waals surface area contributed by atoms with Crippen molar-refractivity contribution in [1.29, 1.82) is 0 Å². The molecular weight excluding hydrogens is 396 g/mol. The summed E-state index contributed by atoms with van der Waals surface area (Å²) < 4.78 is 0. The van der Waals surface area contributed by atoms with E-state index in [4.69, 9.17) is 11.6 Å². The zero-order chi connectivity index (χ0) is 20.9. The van der Waals surface area contributed by atoms with E-state index in [2.05, 4.69) is 5.32 Å². The third-order valence-electron chi connectivity index (χ3n) is 6.50. The molecular formula is C25H21ClN2O2. The van der Waals surface area contributed by atoms with Gasteiger partial charge in [0.2, 0.25) is 5.91 Å². The van der Waals surface area contributed by atoms with Crippen LogP contribution in [-0.2, 0) is 10.3 Å². The summed E-state index contributed by atoms with van der Waals surface area (Å²) in [5, 5.41) is 3.67. The minimum Gasteiger partial charge on any atom is -0.324 e. The fraction of sp³-hybridized carbons (Fsp3) is 0.200. The number of carbonyl (C=O) groups excluding carboxylic acids is 2. The quantitative estimate of drug-likeness (QED) is 0.629. The van der Waals surface area contributed by atoms with Crippen LogP contribution >= 0.6 is 11.6 Å². The number of fused-ring (bicyclic) bond motifs is 2. The smallest absolute Gasteiger partial charge is 0.250 e. The van der Waals surface area contributed by atoms with Gasteiger partial charge >= 0.3 is 0 Å². The van der Waals surface area contributed by atoms with E-state index >= 15 is 0 Å². The molecule has 0 bridgehead atoms. The van der Waals surface area contributed by atoms with E-state index < -0.39 is 11.5 Å². The molecule has 3 atom stereocenters. The first-order valence-electron chi connectivity index (χ1n) is 10.0. The van der Waals surface area contributed by atoms with Crippen LogP contribution in [0.5, 0.6) is 0 Å². The molecule has 3 aromatic rings. The SMILES string of the molecule is CN1C[C@H](c2ccc(Cl)cc2)[C@@H](C(=O)c2ccccc2)[C@]12C(=O)Nc1ccccc12. The molecule has 0 unspecified atom stereocenters. The number of para-hydroxylation sites is 1. The summed E-state index contributed by atoms with van der Waals surface area (Å²) in [6.45, 7) is 0.590. The number of carbonyl (C=O) groups is 2. The molecule has 1 fully saturated rings. The van der Waals surface area contributed by atoms with Crippen molar-refractivity contribution in [2.75, 3.05) is 18.9 Å². The fourth-order valence-electron chi connectivity index (χ4n) is 5.19. The normalized spacial score (nSPS) is 25.3. The van der Waals surface area contributed by atoms with Crippen LogP contribution in [-0.4, -0.2) is 30.2 Å². The van der Waals surface area contributed by atoms with Crippen LogP contribution in [0, 0.1) is 5.92 Å². The average molecular weight is 417 g/mol. The van der Waals surface area contributed by atoms with Crippen LogP contribution in [0.1, 0.15) is 27.4 Å². The minimum absolute atomic E-state index is 0.0215. The number of rotatable bonds is 3. The van der Waals surface area contributed by atoms with Crippen molar-refractivity contribution in [3.8, 4) is 0 Å². The minimum atomic E-state index is -1.05. The number of likely N-dealkylation sites (tertiary alicyclic amines) is 1. The second-order valence-electron chi connectivity index (χ2n) is 8.01. The summed E-state index contributed by atoms with van der Waals surface area (Å²) in [6.07, 6.45) is 0. The van der Waals surface area contributed by atoms with Crippen molar-refractivity contribution in [1.82, 2.24) is 4.90 Å². The first-order valence-corrected chi connectivity index (χ1v) is 10.4. The van der Waals surface area contributed by atoms with Crippen molar-refractivity contribution < 1.29 is 9.59 Å². The number of anilines is 1. The molecule has 0 radical (unpaired) electrons. The number of hydrogen-bond donors (Lipinski definition) is 1. The van der Waals surface area contributed by atoms with Crippen molar-refractivity contribution in [2.45, 2.75) is 11.5 Å². The highest BCUT2D eigenvalue weighted by Gasteiger charge is 2.64. The molecule has 0 saturated carbocycles. The molecule has 2 aliphatic rings. The summed E-state index contributed by atoms with van der Waals surface area (Å²) in [5.41, 5.74) is 2.22. The molecule has 0 aliphatic carbocycles. The first-order chi connectivity index (χ1) is 14.5. The summed E-state index contributed by atoms with van der Waals surface area (Å²) in [5.74, 6) is -0.865. The topological polar surface area (TPSA) is 49.4 Å². The van der Waals surface area contributed by atoms with Crippen LogP contribution in [0.15, 0.2) is 78.9 Å². The summed E-state index contributed by atoms with van der Waals surface area (Å²) in [4.78, 5) is 29.5. The Labute approximate surface area is 180 Å². The van der Waals surface area contributed by atoms with Crippen molar-refractivity contribution in [3.63, 3.8) is 0 Å². The molecule has 150 valence electrons. The second kappa shape index (κ2) is 7.08. The Balaban J connectivity index is 1.73. The van der Waals surface area contributed by atoms with Gasteiger partial charge in [0.15, 0.2) is 5.78 Å². The number of likely N-dealkylation sites (N-methyl/N-ethyl adjacent to an activating group) is 1. The molecule has 0 aromatic heterocycles.